The molecule has 1 aromatic rings. The molecule has 0 saturated heterocycles. The number of rotatable bonds is 8. The van der Waals surface area contributed by atoms with Crippen LogP contribution in [0.1, 0.15) is 40.0 Å². The first-order valence-corrected chi connectivity index (χ1v) is 8.17. The molecule has 20 heavy (non-hydrogen) atoms. The highest BCUT2D eigenvalue weighted by atomic mass is 32.2. The van der Waals surface area contributed by atoms with E-state index in [4.69, 9.17) is 0 Å². The molecule has 4 heteroatoms. The summed E-state index contributed by atoms with van der Waals surface area (Å²) in [7, 11) is 0. The van der Waals surface area contributed by atoms with Crippen molar-refractivity contribution in [2.75, 3.05) is 5.75 Å². The quantitative estimate of drug-likeness (QED) is 0.717. The van der Waals surface area contributed by atoms with Crippen molar-refractivity contribution >= 4 is 17.7 Å². The number of thioether (sulfide) groups is 1. The molecule has 0 aliphatic rings. The molecule has 3 nitrogen and oxygen atoms in total. The number of aromatic hydroxyl groups is 1. The zero-order valence-corrected chi connectivity index (χ0v) is 13.4. The van der Waals surface area contributed by atoms with Gasteiger partial charge in [-0.2, -0.15) is 0 Å². The van der Waals surface area contributed by atoms with Crippen LogP contribution < -0.4 is 5.32 Å². The SMILES string of the molecule is CC(C)CCCC(C)NC(=O)CSc1cccc(O)c1. The van der Waals surface area contributed by atoms with Crippen LogP contribution in [0.4, 0.5) is 0 Å². The maximum absolute atomic E-state index is 11.8. The second-order valence-corrected chi connectivity index (χ2v) is 6.63. The molecule has 0 spiro atoms. The topological polar surface area (TPSA) is 49.3 Å². The number of hydrogen-bond donors (Lipinski definition) is 2. The zero-order chi connectivity index (χ0) is 15.0. The van der Waals surface area contributed by atoms with E-state index in [1.54, 1.807) is 18.2 Å². The summed E-state index contributed by atoms with van der Waals surface area (Å²) in [4.78, 5) is 12.7. The average Bonchev–Trinajstić information content (AvgIpc) is 2.36. The molecule has 0 radical (unpaired) electrons. The van der Waals surface area contributed by atoms with Gasteiger partial charge in [0.25, 0.3) is 0 Å². The fourth-order valence-corrected chi connectivity index (χ4v) is 2.70. The van der Waals surface area contributed by atoms with Crippen molar-refractivity contribution in [1.29, 1.82) is 0 Å². The Hall–Kier alpha value is -1.16. The minimum atomic E-state index is 0.0513. The van der Waals surface area contributed by atoms with Crippen molar-refractivity contribution in [3.05, 3.63) is 24.3 Å². The predicted octanol–water partition coefficient (Wildman–Crippen LogP) is 3.82. The van der Waals surface area contributed by atoms with E-state index in [1.165, 1.54) is 18.2 Å². The van der Waals surface area contributed by atoms with Gasteiger partial charge in [0.05, 0.1) is 5.75 Å². The van der Waals surface area contributed by atoms with Crippen molar-refractivity contribution in [2.24, 2.45) is 5.92 Å². The highest BCUT2D eigenvalue weighted by molar-refractivity contribution is 8.00. The van der Waals surface area contributed by atoms with E-state index in [-0.39, 0.29) is 17.7 Å². The Morgan fingerprint density at radius 2 is 2.05 bits per heavy atom. The zero-order valence-electron chi connectivity index (χ0n) is 12.6. The fourth-order valence-electron chi connectivity index (χ4n) is 1.94. The number of carbonyl (C=O) groups is 1. The predicted molar refractivity (Wildman–Crippen MR) is 85.1 cm³/mol. The molecule has 0 fully saturated rings. The van der Waals surface area contributed by atoms with Crippen LogP contribution in [0.5, 0.6) is 5.75 Å². The number of carbonyl (C=O) groups excluding carboxylic acids is 1. The second-order valence-electron chi connectivity index (χ2n) is 5.58. The van der Waals surface area contributed by atoms with Crippen LogP contribution in [0.2, 0.25) is 0 Å². The van der Waals surface area contributed by atoms with Gasteiger partial charge >= 0.3 is 0 Å². The maximum atomic E-state index is 11.8. The largest absolute Gasteiger partial charge is 0.508 e. The van der Waals surface area contributed by atoms with Gasteiger partial charge in [0.15, 0.2) is 0 Å². The third kappa shape index (κ3) is 7.43. The van der Waals surface area contributed by atoms with Crippen molar-refractivity contribution in [3.8, 4) is 5.75 Å². The molecule has 112 valence electrons. The Bertz CT molecular complexity index is 421. The molecule has 1 unspecified atom stereocenters. The van der Waals surface area contributed by atoms with Crippen LogP contribution in [-0.2, 0) is 4.79 Å². The van der Waals surface area contributed by atoms with Crippen LogP contribution in [0.3, 0.4) is 0 Å². The van der Waals surface area contributed by atoms with Gasteiger partial charge in [-0.15, -0.1) is 11.8 Å². The van der Waals surface area contributed by atoms with Crippen LogP contribution >= 0.6 is 11.8 Å². The van der Waals surface area contributed by atoms with Gasteiger partial charge < -0.3 is 10.4 Å². The summed E-state index contributed by atoms with van der Waals surface area (Å²) in [6.45, 7) is 6.49. The van der Waals surface area contributed by atoms with Gasteiger partial charge in [0, 0.05) is 10.9 Å². The molecule has 0 heterocycles. The van der Waals surface area contributed by atoms with Crippen LogP contribution in [0.15, 0.2) is 29.2 Å². The molecule has 2 N–H and O–H groups in total. The van der Waals surface area contributed by atoms with Gasteiger partial charge in [0.2, 0.25) is 5.91 Å². The van der Waals surface area contributed by atoms with Crippen LogP contribution in [0, 0.1) is 5.92 Å². The highest BCUT2D eigenvalue weighted by Crippen LogP contribution is 2.21. The number of amides is 1. The molecule has 1 amide bonds. The third-order valence-electron chi connectivity index (χ3n) is 3.01. The van der Waals surface area contributed by atoms with E-state index < -0.39 is 0 Å². The minimum Gasteiger partial charge on any atom is -0.508 e. The molecule has 0 aromatic heterocycles. The summed E-state index contributed by atoms with van der Waals surface area (Å²) in [6.07, 6.45) is 3.39. The summed E-state index contributed by atoms with van der Waals surface area (Å²) in [6, 6.07) is 7.20. The summed E-state index contributed by atoms with van der Waals surface area (Å²) in [5.41, 5.74) is 0. The number of benzene rings is 1. The Labute approximate surface area is 126 Å². The van der Waals surface area contributed by atoms with Gasteiger partial charge in [-0.1, -0.05) is 32.8 Å². The lowest BCUT2D eigenvalue weighted by atomic mass is 10.0. The Morgan fingerprint density at radius 1 is 1.30 bits per heavy atom. The molecule has 0 bridgehead atoms. The van der Waals surface area contributed by atoms with E-state index in [0.717, 1.165) is 23.7 Å². The number of phenols is 1. The van der Waals surface area contributed by atoms with Gasteiger partial charge in [-0.05, 0) is 37.5 Å². The Kier molecular flexibility index (Phi) is 7.52. The van der Waals surface area contributed by atoms with E-state index in [9.17, 15) is 9.90 Å². The monoisotopic (exact) mass is 295 g/mol. The summed E-state index contributed by atoms with van der Waals surface area (Å²) in [5, 5.41) is 12.4. The molecular formula is C16H25NO2S. The Balaban J connectivity index is 2.22. The first-order valence-electron chi connectivity index (χ1n) is 7.18. The summed E-state index contributed by atoms with van der Waals surface area (Å²) < 4.78 is 0. The van der Waals surface area contributed by atoms with E-state index >= 15 is 0 Å². The van der Waals surface area contributed by atoms with Crippen molar-refractivity contribution < 1.29 is 9.90 Å². The maximum Gasteiger partial charge on any atom is 0.230 e. The van der Waals surface area contributed by atoms with Crippen molar-refractivity contribution in [1.82, 2.24) is 5.32 Å². The number of phenolic OH excluding ortho intramolecular Hbond substituents is 1. The first kappa shape index (κ1) is 16.9. The second kappa shape index (κ2) is 8.90. The molecule has 0 saturated carbocycles. The molecule has 1 aromatic carbocycles. The lowest BCUT2D eigenvalue weighted by Crippen LogP contribution is -2.33. The van der Waals surface area contributed by atoms with E-state index in [1.807, 2.05) is 6.07 Å². The number of nitrogens with one attached hydrogen (secondary N) is 1. The van der Waals surface area contributed by atoms with Crippen molar-refractivity contribution in [2.45, 2.75) is 51.0 Å². The summed E-state index contributed by atoms with van der Waals surface area (Å²) >= 11 is 1.44. The highest BCUT2D eigenvalue weighted by Gasteiger charge is 2.08. The molecular weight excluding hydrogens is 270 g/mol. The lowest BCUT2D eigenvalue weighted by molar-refractivity contribution is -0.119. The number of hydrogen-bond acceptors (Lipinski definition) is 3. The molecule has 1 atom stereocenters. The van der Waals surface area contributed by atoms with Gasteiger partial charge in [-0.25, -0.2) is 0 Å². The van der Waals surface area contributed by atoms with E-state index in [0.29, 0.717) is 5.75 Å². The first-order chi connectivity index (χ1) is 9.47. The molecule has 0 aliphatic carbocycles. The average molecular weight is 295 g/mol. The fraction of sp³-hybridized carbons (Fsp3) is 0.562. The minimum absolute atomic E-state index is 0.0513. The normalized spacial score (nSPS) is 12.4. The van der Waals surface area contributed by atoms with Crippen LogP contribution in [-0.4, -0.2) is 22.8 Å². The van der Waals surface area contributed by atoms with E-state index in [2.05, 4.69) is 26.1 Å². The molecule has 0 aliphatic heterocycles. The Morgan fingerprint density at radius 3 is 2.70 bits per heavy atom. The van der Waals surface area contributed by atoms with Crippen molar-refractivity contribution in [3.63, 3.8) is 0 Å². The standard InChI is InChI=1S/C16H25NO2S/c1-12(2)6-4-7-13(3)17-16(19)11-20-15-9-5-8-14(18)10-15/h5,8-10,12-13,18H,4,6-7,11H2,1-3H3,(H,17,19). The van der Waals surface area contributed by atoms with Crippen LogP contribution in [0.25, 0.3) is 0 Å². The van der Waals surface area contributed by atoms with Gasteiger partial charge in [0.1, 0.15) is 5.75 Å². The molecule has 1 rings (SSSR count). The lowest BCUT2D eigenvalue weighted by Gasteiger charge is -2.14. The third-order valence-corrected chi connectivity index (χ3v) is 4.01. The summed E-state index contributed by atoms with van der Waals surface area (Å²) in [5.74, 6) is 1.39. The smallest absolute Gasteiger partial charge is 0.230 e. The van der Waals surface area contributed by atoms with Gasteiger partial charge in [-0.3, -0.25) is 4.79 Å².